The molecule has 1 aliphatic carbocycles. The Labute approximate surface area is 187 Å². The number of nitrogens with one attached hydrogen (secondary N) is 2. The molecule has 0 heterocycles. The standard InChI is InChI=1S/C24H38N4O3/c1-4-15-25-18-23(30)28(17-6-3)20-24(31)27(16-5-2)19-22(29)26-21-13-11-9-7-8-10-12-14-21/h1-2,21,25H,6-20H2,3H3,(H,26,29). The minimum Gasteiger partial charge on any atom is -0.352 e. The third-order valence-electron chi connectivity index (χ3n) is 5.37. The summed E-state index contributed by atoms with van der Waals surface area (Å²) in [7, 11) is 0. The molecule has 31 heavy (non-hydrogen) atoms. The van der Waals surface area contributed by atoms with Gasteiger partial charge in [0.1, 0.15) is 6.54 Å². The lowest BCUT2D eigenvalue weighted by atomic mass is 10.1. The largest absolute Gasteiger partial charge is 0.352 e. The second-order valence-electron chi connectivity index (χ2n) is 8.04. The van der Waals surface area contributed by atoms with Gasteiger partial charge in [-0.1, -0.05) is 57.3 Å². The highest BCUT2D eigenvalue weighted by Crippen LogP contribution is 2.17. The quantitative estimate of drug-likeness (QED) is 0.385. The molecule has 1 fully saturated rings. The van der Waals surface area contributed by atoms with E-state index in [1.165, 1.54) is 35.5 Å². The number of amides is 3. The van der Waals surface area contributed by atoms with Crippen LogP contribution >= 0.6 is 0 Å². The molecule has 172 valence electrons. The van der Waals surface area contributed by atoms with E-state index in [0.717, 1.165) is 25.7 Å². The number of rotatable bonds is 11. The summed E-state index contributed by atoms with van der Waals surface area (Å²) in [5.74, 6) is 4.12. The number of nitrogens with zero attached hydrogens (tertiary/aromatic N) is 2. The molecule has 0 radical (unpaired) electrons. The van der Waals surface area contributed by atoms with E-state index >= 15 is 0 Å². The number of carbonyl (C=O) groups excluding carboxylic acids is 3. The zero-order chi connectivity index (χ0) is 22.9. The van der Waals surface area contributed by atoms with E-state index < -0.39 is 0 Å². The van der Waals surface area contributed by atoms with Gasteiger partial charge in [-0.3, -0.25) is 19.7 Å². The first-order valence-corrected chi connectivity index (χ1v) is 11.4. The topological polar surface area (TPSA) is 81.8 Å². The van der Waals surface area contributed by atoms with Crippen molar-refractivity contribution >= 4 is 17.7 Å². The molecule has 0 aromatic rings. The van der Waals surface area contributed by atoms with Gasteiger partial charge in [-0.15, -0.1) is 12.8 Å². The Bertz CT molecular complexity index is 640. The van der Waals surface area contributed by atoms with Crippen LogP contribution in [0.2, 0.25) is 0 Å². The summed E-state index contributed by atoms with van der Waals surface area (Å²) >= 11 is 0. The minimum atomic E-state index is -0.332. The van der Waals surface area contributed by atoms with Crippen LogP contribution < -0.4 is 10.6 Å². The van der Waals surface area contributed by atoms with E-state index in [0.29, 0.717) is 13.0 Å². The smallest absolute Gasteiger partial charge is 0.243 e. The highest BCUT2D eigenvalue weighted by atomic mass is 16.2. The Balaban J connectivity index is 2.64. The predicted molar refractivity (Wildman–Crippen MR) is 123 cm³/mol. The maximum Gasteiger partial charge on any atom is 0.243 e. The predicted octanol–water partition coefficient (Wildman–Crippen LogP) is 1.53. The van der Waals surface area contributed by atoms with Gasteiger partial charge in [0.05, 0.1) is 26.2 Å². The first-order valence-electron chi connectivity index (χ1n) is 11.4. The summed E-state index contributed by atoms with van der Waals surface area (Å²) in [6.07, 6.45) is 20.4. The van der Waals surface area contributed by atoms with E-state index in [1.54, 1.807) is 0 Å². The Morgan fingerprint density at radius 3 is 2.13 bits per heavy atom. The van der Waals surface area contributed by atoms with Crippen LogP contribution in [0, 0.1) is 24.7 Å². The molecule has 0 aromatic carbocycles. The van der Waals surface area contributed by atoms with E-state index in [9.17, 15) is 14.4 Å². The minimum absolute atomic E-state index is 0.0282. The monoisotopic (exact) mass is 430 g/mol. The van der Waals surface area contributed by atoms with Gasteiger partial charge in [-0.2, -0.15) is 0 Å². The van der Waals surface area contributed by atoms with Gasteiger partial charge >= 0.3 is 0 Å². The van der Waals surface area contributed by atoms with Gasteiger partial charge in [0.2, 0.25) is 17.7 Å². The zero-order valence-electron chi connectivity index (χ0n) is 19.0. The Kier molecular flexibility index (Phi) is 13.9. The van der Waals surface area contributed by atoms with Crippen molar-refractivity contribution in [2.75, 3.05) is 39.3 Å². The van der Waals surface area contributed by atoms with Crippen LogP contribution in [-0.2, 0) is 14.4 Å². The fourth-order valence-corrected chi connectivity index (χ4v) is 3.74. The SMILES string of the molecule is C#CCNCC(=O)N(CCC)CC(=O)N(CC#C)CC(=O)NC1CCCCCCCC1. The van der Waals surface area contributed by atoms with Crippen molar-refractivity contribution in [2.45, 2.75) is 70.8 Å². The maximum atomic E-state index is 12.8. The van der Waals surface area contributed by atoms with Gasteiger partial charge in [0.15, 0.2) is 0 Å². The average Bonchev–Trinajstić information content (AvgIpc) is 2.87. The van der Waals surface area contributed by atoms with E-state index in [2.05, 4.69) is 22.5 Å². The molecule has 0 bridgehead atoms. The van der Waals surface area contributed by atoms with E-state index in [-0.39, 0.29) is 56.5 Å². The van der Waals surface area contributed by atoms with Crippen LogP contribution in [0.1, 0.15) is 64.7 Å². The van der Waals surface area contributed by atoms with Crippen molar-refractivity contribution in [1.82, 2.24) is 20.4 Å². The molecule has 1 saturated carbocycles. The Morgan fingerprint density at radius 1 is 0.903 bits per heavy atom. The first-order chi connectivity index (χ1) is 15.0. The summed E-state index contributed by atoms with van der Waals surface area (Å²) in [5, 5.41) is 5.93. The van der Waals surface area contributed by atoms with Gasteiger partial charge in [-0.25, -0.2) is 0 Å². The lowest BCUT2D eigenvalue weighted by molar-refractivity contribution is -0.141. The maximum absolute atomic E-state index is 12.8. The van der Waals surface area contributed by atoms with Crippen LogP contribution in [0.15, 0.2) is 0 Å². The second kappa shape index (κ2) is 16.2. The molecule has 2 N–H and O–H groups in total. The lowest BCUT2D eigenvalue weighted by Crippen LogP contribution is -2.49. The van der Waals surface area contributed by atoms with Crippen molar-refractivity contribution < 1.29 is 14.4 Å². The molecule has 0 aliphatic heterocycles. The second-order valence-corrected chi connectivity index (χ2v) is 8.04. The molecule has 0 spiro atoms. The van der Waals surface area contributed by atoms with Crippen molar-refractivity contribution in [3.63, 3.8) is 0 Å². The molecular formula is C24H38N4O3. The lowest BCUT2D eigenvalue weighted by Gasteiger charge is -2.27. The molecular weight excluding hydrogens is 392 g/mol. The molecule has 7 nitrogen and oxygen atoms in total. The van der Waals surface area contributed by atoms with Crippen LogP contribution in [0.4, 0.5) is 0 Å². The van der Waals surface area contributed by atoms with Crippen LogP contribution in [0.5, 0.6) is 0 Å². The molecule has 0 aromatic heterocycles. The van der Waals surface area contributed by atoms with Crippen LogP contribution in [-0.4, -0.2) is 72.8 Å². The molecule has 3 amide bonds. The summed E-state index contributed by atoms with van der Waals surface area (Å²) in [6.45, 7) is 2.55. The summed E-state index contributed by atoms with van der Waals surface area (Å²) in [6, 6.07) is 0.147. The van der Waals surface area contributed by atoms with Crippen molar-refractivity contribution in [1.29, 1.82) is 0 Å². The highest BCUT2D eigenvalue weighted by molar-refractivity contribution is 5.89. The van der Waals surface area contributed by atoms with Crippen molar-refractivity contribution in [2.24, 2.45) is 0 Å². The summed E-state index contributed by atoms with van der Waals surface area (Å²) < 4.78 is 0. The molecule has 0 atom stereocenters. The highest BCUT2D eigenvalue weighted by Gasteiger charge is 2.23. The van der Waals surface area contributed by atoms with Gasteiger partial charge < -0.3 is 15.1 Å². The van der Waals surface area contributed by atoms with Gasteiger partial charge in [0, 0.05) is 12.6 Å². The molecule has 7 heteroatoms. The number of hydrogen-bond donors (Lipinski definition) is 2. The third-order valence-corrected chi connectivity index (χ3v) is 5.37. The third kappa shape index (κ3) is 11.5. The van der Waals surface area contributed by atoms with Crippen LogP contribution in [0.3, 0.4) is 0 Å². The van der Waals surface area contributed by atoms with Crippen molar-refractivity contribution in [3.8, 4) is 24.7 Å². The van der Waals surface area contributed by atoms with E-state index in [4.69, 9.17) is 12.8 Å². The summed E-state index contributed by atoms with van der Waals surface area (Å²) in [5.41, 5.74) is 0. The fourth-order valence-electron chi connectivity index (χ4n) is 3.74. The molecule has 1 rings (SSSR count). The zero-order valence-corrected chi connectivity index (χ0v) is 19.0. The Morgan fingerprint density at radius 2 is 1.55 bits per heavy atom. The van der Waals surface area contributed by atoms with Crippen molar-refractivity contribution in [3.05, 3.63) is 0 Å². The van der Waals surface area contributed by atoms with Gasteiger partial charge in [0.25, 0.3) is 0 Å². The molecule has 0 unspecified atom stereocenters. The summed E-state index contributed by atoms with van der Waals surface area (Å²) in [4.78, 5) is 40.7. The average molecular weight is 431 g/mol. The molecule has 0 saturated heterocycles. The van der Waals surface area contributed by atoms with Gasteiger partial charge in [-0.05, 0) is 19.3 Å². The first kappa shape index (κ1) is 26.5. The normalized spacial score (nSPS) is 14.8. The van der Waals surface area contributed by atoms with E-state index in [1.807, 2.05) is 6.92 Å². The number of carbonyl (C=O) groups is 3. The molecule has 1 aliphatic rings. The van der Waals surface area contributed by atoms with Crippen LogP contribution in [0.25, 0.3) is 0 Å². The Hall–Kier alpha value is -2.51. The number of hydrogen-bond acceptors (Lipinski definition) is 4. The number of terminal acetylenes is 2. The fraction of sp³-hybridized carbons (Fsp3) is 0.708.